The third-order valence-electron chi connectivity index (χ3n) is 2.26. The average molecular weight is 179 g/mol. The summed E-state index contributed by atoms with van der Waals surface area (Å²) in [5.41, 5.74) is 0.656. The minimum absolute atomic E-state index is 0.106. The molecule has 0 radical (unpaired) electrons. The van der Waals surface area contributed by atoms with Crippen molar-refractivity contribution in [2.75, 3.05) is 13.1 Å². The fourth-order valence-electron chi connectivity index (χ4n) is 1.24. The van der Waals surface area contributed by atoms with Gasteiger partial charge in [-0.25, -0.2) is 0 Å². The van der Waals surface area contributed by atoms with Gasteiger partial charge in [-0.15, -0.1) is 0 Å². The van der Waals surface area contributed by atoms with Gasteiger partial charge in [0, 0.05) is 0 Å². The first kappa shape index (κ1) is 8.51. The largest absolute Gasteiger partial charge is 0.472 e. The fourth-order valence-corrected chi connectivity index (χ4v) is 1.24. The molecule has 3 heteroatoms. The topological polar surface area (TPSA) is 42.2 Å². The Kier molecular flexibility index (Phi) is 2.45. The molecule has 1 aromatic rings. The summed E-state index contributed by atoms with van der Waals surface area (Å²) in [5.74, 6) is 0.923. The third-order valence-corrected chi connectivity index (χ3v) is 2.26. The van der Waals surface area contributed by atoms with Crippen LogP contribution in [0.3, 0.4) is 0 Å². The second kappa shape index (κ2) is 3.75. The van der Waals surface area contributed by atoms with Crippen molar-refractivity contribution in [1.82, 2.24) is 5.32 Å². The van der Waals surface area contributed by atoms with Gasteiger partial charge in [0.25, 0.3) is 0 Å². The van der Waals surface area contributed by atoms with Crippen molar-refractivity contribution in [2.45, 2.75) is 12.8 Å². The van der Waals surface area contributed by atoms with Crippen molar-refractivity contribution >= 4 is 5.78 Å². The summed E-state index contributed by atoms with van der Waals surface area (Å²) in [6, 6.07) is 1.70. The monoisotopic (exact) mass is 179 g/mol. The van der Waals surface area contributed by atoms with E-state index in [0.717, 1.165) is 12.5 Å². The van der Waals surface area contributed by atoms with Crippen LogP contribution in [0.25, 0.3) is 0 Å². The Morgan fingerprint density at radius 3 is 3.08 bits per heavy atom. The minimum atomic E-state index is 0.106. The molecule has 1 fully saturated rings. The molecule has 0 bridgehead atoms. The van der Waals surface area contributed by atoms with Gasteiger partial charge >= 0.3 is 0 Å². The van der Waals surface area contributed by atoms with Gasteiger partial charge < -0.3 is 9.73 Å². The van der Waals surface area contributed by atoms with E-state index in [1.807, 2.05) is 0 Å². The number of nitrogens with one attached hydrogen (secondary N) is 1. The van der Waals surface area contributed by atoms with Crippen LogP contribution in [-0.4, -0.2) is 18.9 Å². The molecule has 3 nitrogen and oxygen atoms in total. The molecule has 2 rings (SSSR count). The first-order valence-corrected chi connectivity index (χ1v) is 4.62. The van der Waals surface area contributed by atoms with E-state index in [4.69, 9.17) is 4.42 Å². The van der Waals surface area contributed by atoms with E-state index in [2.05, 4.69) is 5.32 Å². The van der Waals surface area contributed by atoms with Crippen LogP contribution in [0.5, 0.6) is 0 Å². The zero-order valence-corrected chi connectivity index (χ0v) is 7.45. The van der Waals surface area contributed by atoms with Crippen LogP contribution >= 0.6 is 0 Å². The van der Waals surface area contributed by atoms with E-state index in [0.29, 0.717) is 12.1 Å². The highest BCUT2D eigenvalue weighted by Gasteiger charge is 2.20. The van der Waals surface area contributed by atoms with Crippen LogP contribution in [0.1, 0.15) is 23.2 Å². The Morgan fingerprint density at radius 1 is 1.62 bits per heavy atom. The lowest BCUT2D eigenvalue weighted by atomic mass is 10.2. The molecule has 1 saturated carbocycles. The molecule has 1 aliphatic rings. The number of hydrogen-bond donors (Lipinski definition) is 1. The van der Waals surface area contributed by atoms with E-state index >= 15 is 0 Å². The van der Waals surface area contributed by atoms with Crippen LogP contribution in [-0.2, 0) is 0 Å². The molecule has 1 aliphatic carbocycles. The molecule has 1 N–H and O–H groups in total. The van der Waals surface area contributed by atoms with Gasteiger partial charge in [0.1, 0.15) is 6.26 Å². The van der Waals surface area contributed by atoms with Crippen molar-refractivity contribution in [3.05, 3.63) is 24.2 Å². The van der Waals surface area contributed by atoms with Crippen LogP contribution in [0.4, 0.5) is 0 Å². The molecular formula is C10H13NO2. The fraction of sp³-hybridized carbons (Fsp3) is 0.500. The van der Waals surface area contributed by atoms with Gasteiger partial charge in [-0.2, -0.15) is 0 Å². The number of furan rings is 1. The molecule has 0 amide bonds. The maximum absolute atomic E-state index is 11.4. The molecule has 0 aliphatic heterocycles. The number of hydrogen-bond acceptors (Lipinski definition) is 3. The lowest BCUT2D eigenvalue weighted by molar-refractivity contribution is 0.0990. The molecule has 0 spiro atoms. The predicted octanol–water partition coefficient (Wildman–Crippen LogP) is 1.46. The van der Waals surface area contributed by atoms with Crippen LogP contribution in [0, 0.1) is 5.92 Å². The zero-order chi connectivity index (χ0) is 9.10. The van der Waals surface area contributed by atoms with E-state index in [9.17, 15) is 4.79 Å². The number of ketones is 1. The molecule has 1 aromatic heterocycles. The molecule has 0 aromatic carbocycles. The van der Waals surface area contributed by atoms with E-state index in [1.165, 1.54) is 25.4 Å². The normalized spacial score (nSPS) is 16.0. The number of Topliss-reactive ketones (excluding diaryl/α,β-unsaturated/α-hetero) is 1. The number of carbonyl (C=O) groups is 1. The third kappa shape index (κ3) is 2.42. The first-order chi connectivity index (χ1) is 6.36. The molecule has 1 heterocycles. The van der Waals surface area contributed by atoms with Gasteiger partial charge in [0.2, 0.25) is 0 Å². The highest BCUT2D eigenvalue weighted by Crippen LogP contribution is 2.27. The quantitative estimate of drug-likeness (QED) is 0.696. The molecule has 0 unspecified atom stereocenters. The van der Waals surface area contributed by atoms with Gasteiger partial charge in [0.05, 0.1) is 18.4 Å². The average Bonchev–Trinajstić information content (AvgIpc) is 2.80. The van der Waals surface area contributed by atoms with Crippen molar-refractivity contribution in [3.8, 4) is 0 Å². The summed E-state index contributed by atoms with van der Waals surface area (Å²) in [7, 11) is 0. The first-order valence-electron chi connectivity index (χ1n) is 4.62. The Morgan fingerprint density at radius 2 is 2.46 bits per heavy atom. The summed E-state index contributed by atoms with van der Waals surface area (Å²) in [5, 5.41) is 3.14. The maximum atomic E-state index is 11.4. The van der Waals surface area contributed by atoms with Crippen molar-refractivity contribution in [2.24, 2.45) is 5.92 Å². The number of rotatable bonds is 5. The molecule has 0 saturated heterocycles. The summed E-state index contributed by atoms with van der Waals surface area (Å²) in [4.78, 5) is 11.4. The Labute approximate surface area is 77.1 Å². The smallest absolute Gasteiger partial charge is 0.179 e. The van der Waals surface area contributed by atoms with Gasteiger partial charge in [-0.3, -0.25) is 4.79 Å². The molecular weight excluding hydrogens is 166 g/mol. The van der Waals surface area contributed by atoms with Gasteiger partial charge in [-0.1, -0.05) is 0 Å². The summed E-state index contributed by atoms with van der Waals surface area (Å²) in [6.45, 7) is 1.40. The van der Waals surface area contributed by atoms with E-state index in [1.54, 1.807) is 6.07 Å². The van der Waals surface area contributed by atoms with Crippen molar-refractivity contribution in [1.29, 1.82) is 0 Å². The van der Waals surface area contributed by atoms with Crippen molar-refractivity contribution < 1.29 is 9.21 Å². The highest BCUT2D eigenvalue weighted by atomic mass is 16.3. The van der Waals surface area contributed by atoms with E-state index < -0.39 is 0 Å². The Hall–Kier alpha value is -1.09. The zero-order valence-electron chi connectivity index (χ0n) is 7.45. The molecule has 13 heavy (non-hydrogen) atoms. The SMILES string of the molecule is O=C(CNCC1CC1)c1ccoc1. The second-order valence-electron chi connectivity index (χ2n) is 3.51. The number of carbonyl (C=O) groups excluding carboxylic acids is 1. The van der Waals surface area contributed by atoms with Crippen LogP contribution in [0.2, 0.25) is 0 Å². The standard InChI is InChI=1S/C10H13NO2/c12-10(9-3-4-13-7-9)6-11-5-8-1-2-8/h3-4,7-8,11H,1-2,5-6H2. The van der Waals surface area contributed by atoms with E-state index in [-0.39, 0.29) is 5.78 Å². The van der Waals surface area contributed by atoms with Gasteiger partial charge in [0.15, 0.2) is 5.78 Å². The Balaban J connectivity index is 1.71. The molecule has 70 valence electrons. The lowest BCUT2D eigenvalue weighted by Gasteiger charge is -1.99. The van der Waals surface area contributed by atoms with Gasteiger partial charge in [-0.05, 0) is 31.4 Å². The summed E-state index contributed by atoms with van der Waals surface area (Å²) >= 11 is 0. The summed E-state index contributed by atoms with van der Waals surface area (Å²) in [6.07, 6.45) is 5.63. The maximum Gasteiger partial charge on any atom is 0.179 e. The predicted molar refractivity (Wildman–Crippen MR) is 48.6 cm³/mol. The summed E-state index contributed by atoms with van der Waals surface area (Å²) < 4.78 is 4.83. The Bertz CT molecular complexity index is 275. The lowest BCUT2D eigenvalue weighted by Crippen LogP contribution is -2.24. The van der Waals surface area contributed by atoms with Crippen LogP contribution < -0.4 is 5.32 Å². The molecule has 0 atom stereocenters. The minimum Gasteiger partial charge on any atom is -0.472 e. The highest BCUT2D eigenvalue weighted by molar-refractivity contribution is 5.97. The van der Waals surface area contributed by atoms with Crippen molar-refractivity contribution in [3.63, 3.8) is 0 Å². The van der Waals surface area contributed by atoms with Crippen LogP contribution in [0.15, 0.2) is 23.0 Å². The second-order valence-corrected chi connectivity index (χ2v) is 3.51.